The fraction of sp³-hybridized carbons (Fsp3) is 0.467. The lowest BCUT2D eigenvalue weighted by Gasteiger charge is -2.14. The molecule has 21 heavy (non-hydrogen) atoms. The van der Waals surface area contributed by atoms with Crippen molar-refractivity contribution in [1.82, 2.24) is 5.32 Å². The van der Waals surface area contributed by atoms with Crippen LogP contribution in [0.1, 0.15) is 18.4 Å². The number of aliphatic carboxylic acids is 1. The highest BCUT2D eigenvalue weighted by Crippen LogP contribution is 2.13. The Balaban J connectivity index is 2.46. The zero-order valence-electron chi connectivity index (χ0n) is 12.3. The van der Waals surface area contributed by atoms with Gasteiger partial charge in [0.15, 0.2) is 0 Å². The second-order valence-electron chi connectivity index (χ2n) is 4.59. The van der Waals surface area contributed by atoms with Crippen molar-refractivity contribution in [2.24, 2.45) is 0 Å². The number of amides is 1. The van der Waals surface area contributed by atoms with E-state index in [2.05, 4.69) is 5.32 Å². The minimum absolute atomic E-state index is 0.226. The standard InChI is InChI=1S/C15H21NO5/c1-20-9-8-13(15(18)19)16-14(17)7-6-11-4-3-5-12(10-11)21-2/h3-5,10,13H,6-9H2,1-2H3,(H,16,17)(H,18,19). The molecule has 1 unspecified atom stereocenters. The number of carboxylic acid groups (broad SMARTS) is 1. The molecule has 0 spiro atoms. The maximum Gasteiger partial charge on any atom is 0.326 e. The molecule has 0 aromatic heterocycles. The summed E-state index contributed by atoms with van der Waals surface area (Å²) >= 11 is 0. The molecule has 0 heterocycles. The van der Waals surface area contributed by atoms with Crippen LogP contribution in [0.3, 0.4) is 0 Å². The number of carboxylic acids is 1. The van der Waals surface area contributed by atoms with E-state index in [4.69, 9.17) is 14.6 Å². The summed E-state index contributed by atoms with van der Waals surface area (Å²) in [4.78, 5) is 22.8. The Kier molecular flexibility index (Phi) is 7.25. The van der Waals surface area contributed by atoms with Crippen molar-refractivity contribution in [3.63, 3.8) is 0 Å². The number of nitrogens with one attached hydrogen (secondary N) is 1. The molecule has 1 aromatic carbocycles. The van der Waals surface area contributed by atoms with Gasteiger partial charge in [0.05, 0.1) is 7.11 Å². The topological polar surface area (TPSA) is 84.9 Å². The summed E-state index contributed by atoms with van der Waals surface area (Å²) < 4.78 is 9.94. The Hall–Kier alpha value is -2.08. The summed E-state index contributed by atoms with van der Waals surface area (Å²) in [6.45, 7) is 0.285. The van der Waals surface area contributed by atoms with Crippen molar-refractivity contribution in [2.75, 3.05) is 20.8 Å². The van der Waals surface area contributed by atoms with Crippen LogP contribution < -0.4 is 10.1 Å². The van der Waals surface area contributed by atoms with E-state index in [1.54, 1.807) is 7.11 Å². The molecule has 0 saturated carbocycles. The number of hydrogen-bond donors (Lipinski definition) is 2. The van der Waals surface area contributed by atoms with Gasteiger partial charge in [-0.25, -0.2) is 4.79 Å². The largest absolute Gasteiger partial charge is 0.497 e. The van der Waals surface area contributed by atoms with Crippen molar-refractivity contribution >= 4 is 11.9 Å². The summed E-state index contributed by atoms with van der Waals surface area (Å²) in [5, 5.41) is 11.5. The van der Waals surface area contributed by atoms with Crippen molar-refractivity contribution in [2.45, 2.75) is 25.3 Å². The van der Waals surface area contributed by atoms with E-state index in [9.17, 15) is 9.59 Å². The Labute approximate surface area is 124 Å². The van der Waals surface area contributed by atoms with Gasteiger partial charge in [-0.2, -0.15) is 0 Å². The number of ether oxygens (including phenoxy) is 2. The van der Waals surface area contributed by atoms with Gasteiger partial charge >= 0.3 is 5.97 Å². The fourth-order valence-electron chi connectivity index (χ4n) is 1.85. The third-order valence-electron chi connectivity index (χ3n) is 3.02. The van der Waals surface area contributed by atoms with Crippen LogP contribution in [0.15, 0.2) is 24.3 Å². The van der Waals surface area contributed by atoms with Crippen LogP contribution in [-0.2, 0) is 20.7 Å². The first-order valence-electron chi connectivity index (χ1n) is 6.71. The SMILES string of the molecule is COCCC(NC(=O)CCc1cccc(OC)c1)C(=O)O. The second kappa shape index (κ2) is 8.97. The molecule has 6 heteroatoms. The van der Waals surface area contributed by atoms with Crippen LogP contribution in [0, 0.1) is 0 Å². The van der Waals surface area contributed by atoms with Crippen molar-refractivity contribution in [3.8, 4) is 5.75 Å². The first-order valence-corrected chi connectivity index (χ1v) is 6.71. The predicted octanol–water partition coefficient (Wildman–Crippen LogP) is 1.23. The second-order valence-corrected chi connectivity index (χ2v) is 4.59. The Morgan fingerprint density at radius 2 is 2.10 bits per heavy atom. The third-order valence-corrected chi connectivity index (χ3v) is 3.02. The average Bonchev–Trinajstić information content (AvgIpc) is 2.49. The van der Waals surface area contributed by atoms with Crippen LogP contribution >= 0.6 is 0 Å². The van der Waals surface area contributed by atoms with E-state index in [1.165, 1.54) is 7.11 Å². The maximum absolute atomic E-state index is 11.8. The predicted molar refractivity (Wildman–Crippen MR) is 77.4 cm³/mol. The Morgan fingerprint density at radius 1 is 1.33 bits per heavy atom. The summed E-state index contributed by atoms with van der Waals surface area (Å²) in [5.41, 5.74) is 0.966. The molecule has 0 aliphatic heterocycles. The average molecular weight is 295 g/mol. The van der Waals surface area contributed by atoms with Crippen molar-refractivity contribution in [1.29, 1.82) is 0 Å². The molecular weight excluding hydrogens is 274 g/mol. The molecule has 0 aliphatic rings. The van der Waals surface area contributed by atoms with Gasteiger partial charge in [-0.1, -0.05) is 12.1 Å². The van der Waals surface area contributed by atoms with E-state index in [0.29, 0.717) is 6.42 Å². The Morgan fingerprint density at radius 3 is 2.71 bits per heavy atom. The normalized spacial score (nSPS) is 11.7. The summed E-state index contributed by atoms with van der Waals surface area (Å²) in [6, 6.07) is 6.52. The zero-order chi connectivity index (χ0) is 15.7. The van der Waals surface area contributed by atoms with E-state index >= 15 is 0 Å². The molecule has 116 valence electrons. The molecule has 0 fully saturated rings. The number of hydrogen-bond acceptors (Lipinski definition) is 4. The number of methoxy groups -OCH3 is 2. The smallest absolute Gasteiger partial charge is 0.326 e. The van der Waals surface area contributed by atoms with Crippen LogP contribution in [0.25, 0.3) is 0 Å². The highest BCUT2D eigenvalue weighted by atomic mass is 16.5. The van der Waals surface area contributed by atoms with Gasteiger partial charge in [0.2, 0.25) is 5.91 Å². The monoisotopic (exact) mass is 295 g/mol. The molecule has 0 radical (unpaired) electrons. The molecule has 1 aromatic rings. The Bertz CT molecular complexity index is 475. The van der Waals surface area contributed by atoms with Gasteiger partial charge in [-0.3, -0.25) is 4.79 Å². The minimum atomic E-state index is -1.05. The van der Waals surface area contributed by atoms with E-state index in [0.717, 1.165) is 11.3 Å². The van der Waals surface area contributed by atoms with Gasteiger partial charge in [0.25, 0.3) is 0 Å². The third kappa shape index (κ3) is 6.27. The molecule has 1 rings (SSSR count). The molecule has 6 nitrogen and oxygen atoms in total. The number of carbonyl (C=O) groups excluding carboxylic acids is 1. The van der Waals surface area contributed by atoms with Gasteiger partial charge in [0.1, 0.15) is 11.8 Å². The summed E-state index contributed by atoms with van der Waals surface area (Å²) in [6.07, 6.45) is 1.00. The van der Waals surface area contributed by atoms with Crippen LogP contribution in [0.2, 0.25) is 0 Å². The van der Waals surface area contributed by atoms with E-state index < -0.39 is 12.0 Å². The zero-order valence-corrected chi connectivity index (χ0v) is 12.3. The van der Waals surface area contributed by atoms with Gasteiger partial charge in [0, 0.05) is 26.6 Å². The molecule has 1 amide bonds. The quantitative estimate of drug-likeness (QED) is 0.716. The van der Waals surface area contributed by atoms with E-state index in [1.807, 2.05) is 24.3 Å². The molecule has 0 bridgehead atoms. The summed E-state index contributed by atoms with van der Waals surface area (Å²) in [5.74, 6) is -0.612. The molecule has 2 N–H and O–H groups in total. The number of benzene rings is 1. The number of rotatable bonds is 9. The van der Waals surface area contributed by atoms with Crippen molar-refractivity contribution < 1.29 is 24.2 Å². The first-order chi connectivity index (χ1) is 10.1. The molecule has 0 aliphatic carbocycles. The van der Waals surface area contributed by atoms with E-state index in [-0.39, 0.29) is 25.4 Å². The van der Waals surface area contributed by atoms with Gasteiger partial charge in [-0.05, 0) is 24.1 Å². The first kappa shape index (κ1) is 17.0. The maximum atomic E-state index is 11.8. The number of aryl methyl sites for hydroxylation is 1. The lowest BCUT2D eigenvalue weighted by Crippen LogP contribution is -2.41. The lowest BCUT2D eigenvalue weighted by atomic mass is 10.1. The molecular formula is C15H21NO5. The minimum Gasteiger partial charge on any atom is -0.497 e. The highest BCUT2D eigenvalue weighted by Gasteiger charge is 2.19. The van der Waals surface area contributed by atoms with Gasteiger partial charge in [-0.15, -0.1) is 0 Å². The summed E-state index contributed by atoms with van der Waals surface area (Å²) in [7, 11) is 3.07. The van der Waals surface area contributed by atoms with Crippen LogP contribution in [0.5, 0.6) is 5.75 Å². The molecule has 0 saturated heterocycles. The van der Waals surface area contributed by atoms with Crippen molar-refractivity contribution in [3.05, 3.63) is 29.8 Å². The van der Waals surface area contributed by atoms with Gasteiger partial charge < -0.3 is 19.9 Å². The number of carbonyl (C=O) groups is 2. The molecule has 1 atom stereocenters. The highest BCUT2D eigenvalue weighted by molar-refractivity contribution is 5.83. The fourth-order valence-corrected chi connectivity index (χ4v) is 1.85. The lowest BCUT2D eigenvalue weighted by molar-refractivity contribution is -0.142. The van der Waals surface area contributed by atoms with Crippen LogP contribution in [0.4, 0.5) is 0 Å². The van der Waals surface area contributed by atoms with Crippen LogP contribution in [-0.4, -0.2) is 43.9 Å².